The van der Waals surface area contributed by atoms with Crippen LogP contribution in [0.15, 0.2) is 72.9 Å². The summed E-state index contributed by atoms with van der Waals surface area (Å²) in [6, 6.07) is 0. The number of hydrogen-bond donors (Lipinski definition) is 2. The fraction of sp³-hybridized carbons (Fsp3) is 0.696. The zero-order valence-corrected chi connectivity index (χ0v) is 36.5. The normalized spacial score (nSPS) is 14.0. The summed E-state index contributed by atoms with van der Waals surface area (Å²) in [6.45, 7) is 4.08. The molecule has 0 saturated heterocycles. The highest BCUT2D eigenvalue weighted by Crippen LogP contribution is 2.43. The number of phosphoric acid groups is 1. The molecule has 322 valence electrons. The molecule has 0 amide bonds. The third kappa shape index (κ3) is 41.1. The van der Waals surface area contributed by atoms with E-state index >= 15 is 0 Å². The Morgan fingerprint density at radius 3 is 1.43 bits per heavy atom. The second-order valence-electron chi connectivity index (χ2n) is 14.2. The van der Waals surface area contributed by atoms with Gasteiger partial charge in [-0.3, -0.25) is 18.6 Å². The summed E-state index contributed by atoms with van der Waals surface area (Å²) < 4.78 is 33.1. The first-order valence-corrected chi connectivity index (χ1v) is 23.4. The number of allylic oxidation sites excluding steroid dienone is 12. The molecule has 0 spiro atoms. The van der Waals surface area contributed by atoms with Crippen LogP contribution in [0.1, 0.15) is 168 Å². The summed E-state index contributed by atoms with van der Waals surface area (Å²) >= 11 is 0. The van der Waals surface area contributed by atoms with Crippen molar-refractivity contribution in [3.63, 3.8) is 0 Å². The van der Waals surface area contributed by atoms with E-state index in [4.69, 9.17) is 18.5 Å². The quantitative estimate of drug-likeness (QED) is 0.0270. The Kier molecular flexibility index (Phi) is 40.2. The largest absolute Gasteiger partial charge is 0.472 e. The first-order chi connectivity index (χ1) is 27.3. The number of carbonyl (C=O) groups excluding carboxylic acids is 2. The molecule has 0 saturated carbocycles. The summed E-state index contributed by atoms with van der Waals surface area (Å²) in [5, 5.41) is 2.81. The number of unbranched alkanes of at least 4 members (excludes halogenated alkanes) is 14. The average molecular weight is 806 g/mol. The minimum atomic E-state index is -4.38. The first-order valence-electron chi connectivity index (χ1n) is 21.9. The number of nitrogens with one attached hydrogen (secondary N) is 1. The third-order valence-corrected chi connectivity index (χ3v) is 9.78. The summed E-state index contributed by atoms with van der Waals surface area (Å²) in [6.07, 6.45) is 49.6. The van der Waals surface area contributed by atoms with E-state index < -0.39 is 32.5 Å². The second kappa shape index (κ2) is 42.1. The van der Waals surface area contributed by atoms with Gasteiger partial charge in [-0.15, -0.1) is 0 Å². The minimum absolute atomic E-state index is 0.0369. The number of hydrogen-bond acceptors (Lipinski definition) is 8. The van der Waals surface area contributed by atoms with Gasteiger partial charge in [0.25, 0.3) is 0 Å². The van der Waals surface area contributed by atoms with Crippen molar-refractivity contribution in [1.82, 2.24) is 5.32 Å². The van der Waals surface area contributed by atoms with Crippen LogP contribution in [0.25, 0.3) is 0 Å². The molecule has 2 unspecified atom stereocenters. The lowest BCUT2D eigenvalue weighted by Crippen LogP contribution is -2.29. The van der Waals surface area contributed by atoms with Crippen molar-refractivity contribution in [2.24, 2.45) is 0 Å². The van der Waals surface area contributed by atoms with Crippen molar-refractivity contribution >= 4 is 19.8 Å². The SMILES string of the molecule is CCCCCCCC/C=C\C/C=C\C/C=C\CCCC(=O)OCC(COP(=O)(O)OCCNC)OC(=O)CCC/C=C\C/C=C\C/C=C\CCCCCCCC. The van der Waals surface area contributed by atoms with Crippen molar-refractivity contribution in [2.75, 3.05) is 33.4 Å². The summed E-state index contributed by atoms with van der Waals surface area (Å²) in [5.74, 6) is -0.934. The Morgan fingerprint density at radius 2 is 0.964 bits per heavy atom. The molecular formula is C46H80NO8P. The Hall–Kier alpha value is -2.55. The standard InChI is InChI=1S/C46H80NO8P/c1-4-6-8-10-12-14-16-18-20-22-24-26-28-30-32-34-36-38-45(48)52-42-44(43-54-56(50,51)53-41-40-47-3)55-46(49)39-37-35-33-31-29-27-25-23-21-19-17-15-13-11-9-7-5-2/h18-21,24-27,30-33,44,47H,4-17,22-23,28-29,34-43H2,1-3H3,(H,50,51)/b20-18-,21-19-,26-24-,27-25-,32-30-,33-31-. The highest BCUT2D eigenvalue weighted by Gasteiger charge is 2.26. The molecule has 0 aromatic rings. The van der Waals surface area contributed by atoms with Gasteiger partial charge in [0.05, 0.1) is 13.2 Å². The maximum absolute atomic E-state index is 12.6. The highest BCUT2D eigenvalue weighted by molar-refractivity contribution is 7.47. The van der Waals surface area contributed by atoms with Gasteiger partial charge in [0, 0.05) is 19.4 Å². The fourth-order valence-electron chi connectivity index (χ4n) is 5.47. The molecule has 2 N–H and O–H groups in total. The van der Waals surface area contributed by atoms with Crippen LogP contribution in [0, 0.1) is 0 Å². The number of carbonyl (C=O) groups is 2. The van der Waals surface area contributed by atoms with Gasteiger partial charge in [0.1, 0.15) is 6.61 Å². The van der Waals surface area contributed by atoms with E-state index in [-0.39, 0.29) is 26.1 Å². The summed E-state index contributed by atoms with van der Waals surface area (Å²) in [4.78, 5) is 35.0. The zero-order chi connectivity index (χ0) is 41.1. The van der Waals surface area contributed by atoms with E-state index in [0.29, 0.717) is 25.8 Å². The Labute approximate surface area is 342 Å². The molecule has 0 radical (unpaired) electrons. The van der Waals surface area contributed by atoms with Crippen LogP contribution in [0.5, 0.6) is 0 Å². The Morgan fingerprint density at radius 1 is 0.554 bits per heavy atom. The lowest BCUT2D eigenvalue weighted by molar-refractivity contribution is -0.161. The molecule has 0 aliphatic rings. The molecule has 10 heteroatoms. The van der Waals surface area contributed by atoms with E-state index in [1.165, 1.54) is 77.0 Å². The maximum Gasteiger partial charge on any atom is 0.472 e. The molecule has 56 heavy (non-hydrogen) atoms. The van der Waals surface area contributed by atoms with Gasteiger partial charge in [-0.1, -0.05) is 151 Å². The van der Waals surface area contributed by atoms with Crippen LogP contribution in [-0.2, 0) is 32.7 Å². The van der Waals surface area contributed by atoms with Crippen LogP contribution in [0.3, 0.4) is 0 Å². The summed E-state index contributed by atoms with van der Waals surface area (Å²) in [5.41, 5.74) is 0. The van der Waals surface area contributed by atoms with Gasteiger partial charge in [0.2, 0.25) is 0 Å². The van der Waals surface area contributed by atoms with Gasteiger partial charge in [-0.2, -0.15) is 0 Å². The molecule has 0 aliphatic carbocycles. The van der Waals surface area contributed by atoms with Gasteiger partial charge in [-0.05, 0) is 84.1 Å². The molecule has 0 heterocycles. The van der Waals surface area contributed by atoms with Crippen LogP contribution in [-0.4, -0.2) is 56.3 Å². The van der Waals surface area contributed by atoms with E-state index in [1.54, 1.807) is 7.05 Å². The molecule has 0 bridgehead atoms. The van der Waals surface area contributed by atoms with Gasteiger partial charge in [-0.25, -0.2) is 4.57 Å². The van der Waals surface area contributed by atoms with Crippen molar-refractivity contribution < 1.29 is 37.6 Å². The Bertz CT molecular complexity index is 1150. The van der Waals surface area contributed by atoms with Crippen molar-refractivity contribution in [1.29, 1.82) is 0 Å². The van der Waals surface area contributed by atoms with Gasteiger partial charge >= 0.3 is 19.8 Å². The lowest BCUT2D eigenvalue weighted by atomic mass is 10.1. The molecule has 2 atom stereocenters. The molecule has 0 aromatic carbocycles. The molecule has 0 aliphatic heterocycles. The van der Waals surface area contributed by atoms with Crippen molar-refractivity contribution in [3.8, 4) is 0 Å². The van der Waals surface area contributed by atoms with Gasteiger partial charge in [0.15, 0.2) is 6.10 Å². The van der Waals surface area contributed by atoms with E-state index in [0.717, 1.165) is 44.9 Å². The number of ether oxygens (including phenoxy) is 2. The number of esters is 2. The van der Waals surface area contributed by atoms with Crippen molar-refractivity contribution in [2.45, 2.75) is 174 Å². The highest BCUT2D eigenvalue weighted by atomic mass is 31.2. The van der Waals surface area contributed by atoms with Gasteiger partial charge < -0.3 is 19.7 Å². The predicted molar refractivity (Wildman–Crippen MR) is 233 cm³/mol. The molecular weight excluding hydrogens is 725 g/mol. The number of phosphoric ester groups is 1. The topological polar surface area (TPSA) is 120 Å². The fourth-order valence-corrected chi connectivity index (χ4v) is 6.22. The van der Waals surface area contributed by atoms with Crippen LogP contribution in [0.2, 0.25) is 0 Å². The monoisotopic (exact) mass is 806 g/mol. The maximum atomic E-state index is 12.6. The predicted octanol–water partition coefficient (Wildman–Crippen LogP) is 12.5. The molecule has 0 rings (SSSR count). The van der Waals surface area contributed by atoms with E-state index in [2.05, 4.69) is 86.0 Å². The average Bonchev–Trinajstić information content (AvgIpc) is 3.18. The minimum Gasteiger partial charge on any atom is -0.462 e. The zero-order valence-electron chi connectivity index (χ0n) is 35.6. The summed E-state index contributed by atoms with van der Waals surface area (Å²) in [7, 11) is -2.69. The smallest absolute Gasteiger partial charge is 0.462 e. The van der Waals surface area contributed by atoms with Crippen LogP contribution < -0.4 is 5.32 Å². The molecule has 0 aromatic heterocycles. The second-order valence-corrected chi connectivity index (χ2v) is 15.6. The van der Waals surface area contributed by atoms with E-state index in [1.807, 2.05) is 6.08 Å². The van der Waals surface area contributed by atoms with Crippen LogP contribution in [0.4, 0.5) is 0 Å². The number of rotatable bonds is 40. The van der Waals surface area contributed by atoms with Crippen LogP contribution >= 0.6 is 7.82 Å². The lowest BCUT2D eigenvalue weighted by Gasteiger charge is -2.20. The number of likely N-dealkylation sites (N-methyl/N-ethyl adjacent to an activating group) is 1. The first kappa shape index (κ1) is 53.5. The molecule has 0 fully saturated rings. The van der Waals surface area contributed by atoms with E-state index in [9.17, 15) is 19.0 Å². The molecule has 9 nitrogen and oxygen atoms in total. The third-order valence-electron chi connectivity index (χ3n) is 8.80. The Balaban J connectivity index is 4.41. The van der Waals surface area contributed by atoms with Crippen molar-refractivity contribution in [3.05, 3.63) is 72.9 Å².